The Kier molecular flexibility index (Phi) is 6.85. The lowest BCUT2D eigenvalue weighted by Gasteiger charge is -2.13. The van der Waals surface area contributed by atoms with Crippen molar-refractivity contribution in [2.45, 2.75) is 25.8 Å². The van der Waals surface area contributed by atoms with Crippen molar-refractivity contribution in [3.63, 3.8) is 0 Å². The number of ether oxygens (including phenoxy) is 1. The molecule has 4 heteroatoms. The first-order valence-corrected chi connectivity index (χ1v) is 6.28. The molecule has 1 atom stereocenters. The van der Waals surface area contributed by atoms with E-state index in [0.29, 0.717) is 19.6 Å². The van der Waals surface area contributed by atoms with Crippen LogP contribution in [0.25, 0.3) is 0 Å². The van der Waals surface area contributed by atoms with Gasteiger partial charge in [-0.25, -0.2) is 0 Å². The second-order valence-electron chi connectivity index (χ2n) is 4.01. The minimum absolute atomic E-state index is 0.130. The van der Waals surface area contributed by atoms with Crippen LogP contribution in [-0.4, -0.2) is 24.9 Å². The van der Waals surface area contributed by atoms with Gasteiger partial charge in [0.1, 0.15) is 11.8 Å². The minimum Gasteiger partial charge on any atom is -0.494 e. The van der Waals surface area contributed by atoms with Gasteiger partial charge in [-0.05, 0) is 37.1 Å². The molecule has 0 spiro atoms. The SMILES string of the molecule is CCCOc1cccc(C(C#N)NCCCO)c1. The molecule has 0 aliphatic heterocycles. The molecule has 0 radical (unpaired) electrons. The lowest BCUT2D eigenvalue weighted by molar-refractivity contribution is 0.285. The summed E-state index contributed by atoms with van der Waals surface area (Å²) in [5.74, 6) is 0.790. The normalized spacial score (nSPS) is 11.8. The molecule has 0 aliphatic rings. The third-order valence-electron chi connectivity index (χ3n) is 2.48. The molecule has 4 nitrogen and oxygen atoms in total. The van der Waals surface area contributed by atoms with Gasteiger partial charge in [-0.3, -0.25) is 5.32 Å². The van der Waals surface area contributed by atoms with Crippen molar-refractivity contribution in [2.24, 2.45) is 0 Å². The van der Waals surface area contributed by atoms with E-state index >= 15 is 0 Å². The molecule has 0 fully saturated rings. The third-order valence-corrected chi connectivity index (χ3v) is 2.48. The van der Waals surface area contributed by atoms with Gasteiger partial charge >= 0.3 is 0 Å². The summed E-state index contributed by atoms with van der Waals surface area (Å²) in [4.78, 5) is 0. The Bertz CT molecular complexity index is 388. The average Bonchev–Trinajstić information content (AvgIpc) is 2.42. The first-order chi connectivity index (χ1) is 8.81. The molecule has 1 aromatic carbocycles. The van der Waals surface area contributed by atoms with Crippen molar-refractivity contribution < 1.29 is 9.84 Å². The minimum atomic E-state index is -0.360. The van der Waals surface area contributed by atoms with E-state index in [-0.39, 0.29) is 12.6 Å². The summed E-state index contributed by atoms with van der Waals surface area (Å²) in [6.45, 7) is 3.48. The average molecular weight is 248 g/mol. The van der Waals surface area contributed by atoms with Gasteiger partial charge in [0.25, 0.3) is 0 Å². The second kappa shape index (κ2) is 8.51. The molecule has 0 heterocycles. The molecular formula is C14H20N2O2. The predicted octanol–water partition coefficient (Wildman–Crippen LogP) is 2.01. The fraction of sp³-hybridized carbons (Fsp3) is 0.500. The van der Waals surface area contributed by atoms with Crippen molar-refractivity contribution in [3.05, 3.63) is 29.8 Å². The van der Waals surface area contributed by atoms with E-state index in [1.807, 2.05) is 24.3 Å². The number of benzene rings is 1. The summed E-state index contributed by atoms with van der Waals surface area (Å²) in [6.07, 6.45) is 1.60. The molecule has 0 saturated carbocycles. The highest BCUT2D eigenvalue weighted by atomic mass is 16.5. The van der Waals surface area contributed by atoms with E-state index in [0.717, 1.165) is 17.7 Å². The van der Waals surface area contributed by atoms with Crippen molar-refractivity contribution in [2.75, 3.05) is 19.8 Å². The lowest BCUT2D eigenvalue weighted by atomic mass is 10.1. The van der Waals surface area contributed by atoms with Gasteiger partial charge in [-0.2, -0.15) is 5.26 Å². The van der Waals surface area contributed by atoms with Gasteiger partial charge in [0.05, 0.1) is 12.7 Å². The van der Waals surface area contributed by atoms with Crippen molar-refractivity contribution in [1.82, 2.24) is 5.32 Å². The van der Waals surface area contributed by atoms with E-state index < -0.39 is 0 Å². The van der Waals surface area contributed by atoms with Gasteiger partial charge in [-0.15, -0.1) is 0 Å². The Labute approximate surface area is 108 Å². The van der Waals surface area contributed by atoms with E-state index in [1.54, 1.807) is 0 Å². The number of nitriles is 1. The highest BCUT2D eigenvalue weighted by Gasteiger charge is 2.09. The summed E-state index contributed by atoms with van der Waals surface area (Å²) in [7, 11) is 0. The standard InChI is InChI=1S/C14H20N2O2/c1-2-9-18-13-6-3-5-12(10-13)14(11-15)16-7-4-8-17/h3,5-6,10,14,16-17H,2,4,7-9H2,1H3. The van der Waals surface area contributed by atoms with Crippen LogP contribution < -0.4 is 10.1 Å². The van der Waals surface area contributed by atoms with Crippen LogP contribution in [0.1, 0.15) is 31.4 Å². The first kappa shape index (κ1) is 14.5. The highest BCUT2D eigenvalue weighted by molar-refractivity contribution is 5.33. The van der Waals surface area contributed by atoms with Crippen LogP contribution in [0.15, 0.2) is 24.3 Å². The maximum absolute atomic E-state index is 9.13. The van der Waals surface area contributed by atoms with Crippen molar-refractivity contribution in [3.8, 4) is 11.8 Å². The molecule has 0 bridgehead atoms. The maximum Gasteiger partial charge on any atom is 0.121 e. The Morgan fingerprint density at radius 2 is 2.33 bits per heavy atom. The van der Waals surface area contributed by atoms with Crippen LogP contribution in [0.4, 0.5) is 0 Å². The molecule has 0 amide bonds. The van der Waals surface area contributed by atoms with Crippen LogP contribution in [0, 0.1) is 11.3 Å². The van der Waals surface area contributed by atoms with Gasteiger partial charge in [0, 0.05) is 6.61 Å². The molecule has 98 valence electrons. The van der Waals surface area contributed by atoms with Gasteiger partial charge in [0.2, 0.25) is 0 Å². The quantitative estimate of drug-likeness (QED) is 0.691. The van der Waals surface area contributed by atoms with Crippen LogP contribution in [0.3, 0.4) is 0 Å². The molecule has 0 aromatic heterocycles. The lowest BCUT2D eigenvalue weighted by Crippen LogP contribution is -2.21. The largest absolute Gasteiger partial charge is 0.494 e. The zero-order valence-electron chi connectivity index (χ0n) is 10.7. The maximum atomic E-state index is 9.13. The van der Waals surface area contributed by atoms with E-state index in [1.165, 1.54) is 0 Å². The number of hydrogen-bond acceptors (Lipinski definition) is 4. The zero-order chi connectivity index (χ0) is 13.2. The third kappa shape index (κ3) is 4.74. The van der Waals surface area contributed by atoms with Gasteiger partial charge < -0.3 is 9.84 Å². The van der Waals surface area contributed by atoms with Crippen LogP contribution in [0.5, 0.6) is 5.75 Å². The Morgan fingerprint density at radius 1 is 1.50 bits per heavy atom. The number of aliphatic hydroxyl groups excluding tert-OH is 1. The topological polar surface area (TPSA) is 65.3 Å². The van der Waals surface area contributed by atoms with Crippen LogP contribution in [0.2, 0.25) is 0 Å². The van der Waals surface area contributed by atoms with Crippen LogP contribution in [-0.2, 0) is 0 Å². The van der Waals surface area contributed by atoms with Crippen molar-refractivity contribution in [1.29, 1.82) is 5.26 Å². The second-order valence-corrected chi connectivity index (χ2v) is 4.01. The number of aliphatic hydroxyl groups is 1. The Balaban J connectivity index is 2.64. The molecule has 18 heavy (non-hydrogen) atoms. The predicted molar refractivity (Wildman–Crippen MR) is 70.3 cm³/mol. The first-order valence-electron chi connectivity index (χ1n) is 6.28. The number of nitrogens with zero attached hydrogens (tertiary/aromatic N) is 1. The highest BCUT2D eigenvalue weighted by Crippen LogP contribution is 2.19. The molecular weight excluding hydrogens is 228 g/mol. The monoisotopic (exact) mass is 248 g/mol. The molecule has 1 rings (SSSR count). The number of nitrogens with one attached hydrogen (secondary N) is 1. The zero-order valence-corrected chi connectivity index (χ0v) is 10.7. The van der Waals surface area contributed by atoms with Crippen molar-refractivity contribution >= 4 is 0 Å². The molecule has 2 N–H and O–H groups in total. The smallest absolute Gasteiger partial charge is 0.121 e. The molecule has 0 aliphatic carbocycles. The number of hydrogen-bond donors (Lipinski definition) is 2. The Morgan fingerprint density at radius 3 is 3.00 bits per heavy atom. The van der Waals surface area contributed by atoms with Gasteiger partial charge in [-0.1, -0.05) is 19.1 Å². The van der Waals surface area contributed by atoms with E-state index in [2.05, 4.69) is 18.3 Å². The molecule has 0 saturated heterocycles. The molecule has 1 unspecified atom stereocenters. The molecule has 1 aromatic rings. The summed E-state index contributed by atoms with van der Waals surface area (Å²) >= 11 is 0. The summed E-state index contributed by atoms with van der Waals surface area (Å²) in [6, 6.07) is 9.42. The number of rotatable bonds is 8. The summed E-state index contributed by atoms with van der Waals surface area (Å²) < 4.78 is 5.54. The van der Waals surface area contributed by atoms with Crippen LogP contribution >= 0.6 is 0 Å². The Hall–Kier alpha value is -1.57. The fourth-order valence-corrected chi connectivity index (χ4v) is 1.57. The summed E-state index contributed by atoms with van der Waals surface area (Å²) in [5, 5.41) is 20.9. The summed E-state index contributed by atoms with van der Waals surface area (Å²) in [5.41, 5.74) is 0.893. The van der Waals surface area contributed by atoms with E-state index in [4.69, 9.17) is 15.1 Å². The van der Waals surface area contributed by atoms with E-state index in [9.17, 15) is 0 Å². The van der Waals surface area contributed by atoms with Gasteiger partial charge in [0.15, 0.2) is 0 Å². The fourth-order valence-electron chi connectivity index (χ4n) is 1.57.